The maximum atomic E-state index is 14.0. The van der Waals surface area contributed by atoms with Gasteiger partial charge in [0.25, 0.3) is 5.91 Å². The summed E-state index contributed by atoms with van der Waals surface area (Å²) in [7, 11) is 0. The van der Waals surface area contributed by atoms with Crippen molar-refractivity contribution >= 4 is 27.8 Å². The standard InChI is InChI=1S/C15H17BrFNO3/c16-12-5-1-4-11(14(12)17)15(21)18-8-2-3-10(9-18)6-7-13(19)20/h1,4-5,10H,2-3,6-9H2,(H,19,20). The summed E-state index contributed by atoms with van der Waals surface area (Å²) < 4.78 is 14.3. The molecule has 1 aliphatic rings. The molecule has 1 N–H and O–H groups in total. The summed E-state index contributed by atoms with van der Waals surface area (Å²) in [5.41, 5.74) is 0.0586. The molecular formula is C15H17BrFNO3. The van der Waals surface area contributed by atoms with Crippen LogP contribution in [0.4, 0.5) is 4.39 Å². The minimum Gasteiger partial charge on any atom is -0.481 e. The Morgan fingerprint density at radius 2 is 2.19 bits per heavy atom. The number of nitrogens with zero attached hydrogens (tertiary/aromatic N) is 1. The first kappa shape index (κ1) is 15.9. The number of benzene rings is 1. The number of carbonyl (C=O) groups is 2. The van der Waals surface area contributed by atoms with Crippen molar-refractivity contribution < 1.29 is 19.1 Å². The van der Waals surface area contributed by atoms with Gasteiger partial charge in [0, 0.05) is 19.5 Å². The van der Waals surface area contributed by atoms with Crippen molar-refractivity contribution in [1.82, 2.24) is 4.90 Å². The van der Waals surface area contributed by atoms with Gasteiger partial charge in [-0.3, -0.25) is 9.59 Å². The molecule has 1 atom stereocenters. The number of carbonyl (C=O) groups excluding carboxylic acids is 1. The fraction of sp³-hybridized carbons (Fsp3) is 0.467. The topological polar surface area (TPSA) is 57.6 Å². The van der Waals surface area contributed by atoms with Crippen LogP contribution in [0.15, 0.2) is 22.7 Å². The van der Waals surface area contributed by atoms with E-state index in [4.69, 9.17) is 5.11 Å². The monoisotopic (exact) mass is 357 g/mol. The molecule has 1 fully saturated rings. The van der Waals surface area contributed by atoms with Gasteiger partial charge >= 0.3 is 5.97 Å². The van der Waals surface area contributed by atoms with Crippen LogP contribution < -0.4 is 0 Å². The molecule has 21 heavy (non-hydrogen) atoms. The Balaban J connectivity index is 2.05. The van der Waals surface area contributed by atoms with E-state index in [9.17, 15) is 14.0 Å². The third kappa shape index (κ3) is 4.03. The van der Waals surface area contributed by atoms with E-state index in [1.165, 1.54) is 6.07 Å². The number of piperidine rings is 1. The van der Waals surface area contributed by atoms with Crippen LogP contribution >= 0.6 is 15.9 Å². The van der Waals surface area contributed by atoms with E-state index < -0.39 is 11.8 Å². The summed E-state index contributed by atoms with van der Waals surface area (Å²) in [6, 6.07) is 4.66. The number of rotatable bonds is 4. The van der Waals surface area contributed by atoms with E-state index in [0.717, 1.165) is 12.8 Å². The van der Waals surface area contributed by atoms with Crippen LogP contribution in [0.3, 0.4) is 0 Å². The lowest BCUT2D eigenvalue weighted by Gasteiger charge is -2.32. The Hall–Kier alpha value is -1.43. The number of likely N-dealkylation sites (tertiary alicyclic amines) is 1. The number of hydrogen-bond donors (Lipinski definition) is 1. The summed E-state index contributed by atoms with van der Waals surface area (Å²) in [5.74, 6) is -1.52. The van der Waals surface area contributed by atoms with Crippen molar-refractivity contribution in [2.75, 3.05) is 13.1 Å². The third-order valence-electron chi connectivity index (χ3n) is 3.75. The van der Waals surface area contributed by atoms with Gasteiger partial charge < -0.3 is 10.0 Å². The molecule has 0 radical (unpaired) electrons. The molecule has 0 saturated carbocycles. The highest BCUT2D eigenvalue weighted by atomic mass is 79.9. The van der Waals surface area contributed by atoms with Gasteiger partial charge in [0.1, 0.15) is 5.82 Å². The average Bonchev–Trinajstić information content (AvgIpc) is 2.47. The number of carboxylic acids is 1. The Morgan fingerprint density at radius 1 is 1.43 bits per heavy atom. The smallest absolute Gasteiger partial charge is 0.303 e. The lowest BCUT2D eigenvalue weighted by Crippen LogP contribution is -2.40. The zero-order valence-corrected chi connectivity index (χ0v) is 13.1. The summed E-state index contributed by atoms with van der Waals surface area (Å²) in [4.78, 5) is 24.7. The second-order valence-corrected chi connectivity index (χ2v) is 6.15. The first-order valence-corrected chi connectivity index (χ1v) is 7.73. The van der Waals surface area contributed by atoms with Crippen molar-refractivity contribution in [2.45, 2.75) is 25.7 Å². The second-order valence-electron chi connectivity index (χ2n) is 5.29. The SMILES string of the molecule is O=C(O)CCC1CCCN(C(=O)c2cccc(Br)c2F)C1. The molecule has 0 spiro atoms. The van der Waals surface area contributed by atoms with Crippen LogP contribution in [0.2, 0.25) is 0 Å². The molecule has 6 heteroatoms. The molecule has 2 rings (SSSR count). The highest BCUT2D eigenvalue weighted by Crippen LogP contribution is 2.25. The normalized spacial score (nSPS) is 18.6. The first-order valence-electron chi connectivity index (χ1n) is 6.94. The van der Waals surface area contributed by atoms with Crippen LogP contribution in [-0.4, -0.2) is 35.0 Å². The second kappa shape index (κ2) is 7.02. The molecule has 1 heterocycles. The van der Waals surface area contributed by atoms with Gasteiger partial charge in [0.05, 0.1) is 10.0 Å². The highest BCUT2D eigenvalue weighted by Gasteiger charge is 2.26. The highest BCUT2D eigenvalue weighted by molar-refractivity contribution is 9.10. The maximum Gasteiger partial charge on any atom is 0.303 e. The molecular weight excluding hydrogens is 341 g/mol. The molecule has 114 valence electrons. The summed E-state index contributed by atoms with van der Waals surface area (Å²) in [6.07, 6.45) is 2.40. The van der Waals surface area contributed by atoms with Crippen molar-refractivity contribution in [3.05, 3.63) is 34.1 Å². The maximum absolute atomic E-state index is 14.0. The summed E-state index contributed by atoms with van der Waals surface area (Å²) in [6.45, 7) is 1.09. The first-order chi connectivity index (χ1) is 9.99. The summed E-state index contributed by atoms with van der Waals surface area (Å²) in [5, 5.41) is 8.73. The predicted molar refractivity (Wildman–Crippen MR) is 79.6 cm³/mol. The minimum atomic E-state index is -0.823. The zero-order valence-electron chi connectivity index (χ0n) is 11.5. The largest absolute Gasteiger partial charge is 0.481 e. The van der Waals surface area contributed by atoms with E-state index >= 15 is 0 Å². The van der Waals surface area contributed by atoms with Crippen LogP contribution in [0.25, 0.3) is 0 Å². The molecule has 1 unspecified atom stereocenters. The molecule has 1 amide bonds. The van der Waals surface area contributed by atoms with Crippen molar-refractivity contribution in [3.63, 3.8) is 0 Å². The van der Waals surface area contributed by atoms with Crippen LogP contribution in [-0.2, 0) is 4.79 Å². The Labute approximate surface area is 131 Å². The minimum absolute atomic E-state index is 0.0586. The lowest BCUT2D eigenvalue weighted by atomic mass is 9.93. The molecule has 1 saturated heterocycles. The van der Waals surface area contributed by atoms with Crippen LogP contribution in [0.1, 0.15) is 36.0 Å². The van der Waals surface area contributed by atoms with E-state index in [0.29, 0.717) is 19.5 Å². The fourth-order valence-corrected chi connectivity index (χ4v) is 3.02. The molecule has 4 nitrogen and oxygen atoms in total. The molecule has 0 aromatic heterocycles. The number of halogens is 2. The molecule has 0 aliphatic carbocycles. The van der Waals surface area contributed by atoms with Crippen LogP contribution in [0, 0.1) is 11.7 Å². The van der Waals surface area contributed by atoms with Gasteiger partial charge in [-0.2, -0.15) is 0 Å². The Bertz CT molecular complexity index is 550. The quantitative estimate of drug-likeness (QED) is 0.899. The zero-order chi connectivity index (χ0) is 15.4. The number of carboxylic acid groups (broad SMARTS) is 1. The molecule has 1 aromatic carbocycles. The molecule has 1 aliphatic heterocycles. The van der Waals surface area contributed by atoms with Gasteiger partial charge in [-0.05, 0) is 53.2 Å². The predicted octanol–water partition coefficient (Wildman–Crippen LogP) is 3.31. The lowest BCUT2D eigenvalue weighted by molar-refractivity contribution is -0.137. The fourth-order valence-electron chi connectivity index (χ4n) is 2.65. The van der Waals surface area contributed by atoms with Crippen LogP contribution in [0.5, 0.6) is 0 Å². The number of aliphatic carboxylic acids is 1. The van der Waals surface area contributed by atoms with E-state index in [-0.39, 0.29) is 28.3 Å². The number of amides is 1. The Kier molecular flexibility index (Phi) is 5.33. The number of hydrogen-bond acceptors (Lipinski definition) is 2. The van der Waals surface area contributed by atoms with E-state index in [2.05, 4.69) is 15.9 Å². The van der Waals surface area contributed by atoms with E-state index in [1.807, 2.05) is 0 Å². The van der Waals surface area contributed by atoms with Gasteiger partial charge in [-0.1, -0.05) is 6.07 Å². The van der Waals surface area contributed by atoms with Gasteiger partial charge in [-0.25, -0.2) is 4.39 Å². The molecule has 1 aromatic rings. The third-order valence-corrected chi connectivity index (χ3v) is 4.37. The Morgan fingerprint density at radius 3 is 2.90 bits per heavy atom. The average molecular weight is 358 g/mol. The van der Waals surface area contributed by atoms with Crippen molar-refractivity contribution in [1.29, 1.82) is 0 Å². The summed E-state index contributed by atoms with van der Waals surface area (Å²) >= 11 is 3.08. The van der Waals surface area contributed by atoms with Crippen molar-refractivity contribution in [2.24, 2.45) is 5.92 Å². The van der Waals surface area contributed by atoms with Gasteiger partial charge in [0.2, 0.25) is 0 Å². The van der Waals surface area contributed by atoms with Gasteiger partial charge in [-0.15, -0.1) is 0 Å². The van der Waals surface area contributed by atoms with E-state index in [1.54, 1.807) is 17.0 Å². The molecule has 0 bridgehead atoms. The van der Waals surface area contributed by atoms with Crippen molar-refractivity contribution in [3.8, 4) is 0 Å². The van der Waals surface area contributed by atoms with Gasteiger partial charge in [0.15, 0.2) is 0 Å².